The van der Waals surface area contributed by atoms with E-state index in [9.17, 15) is 32.6 Å². The van der Waals surface area contributed by atoms with Gasteiger partial charge < -0.3 is 68.6 Å². The first-order valence-electron chi connectivity index (χ1n) is 46.2. The minimum absolute atomic E-state index is 0.0954. The third kappa shape index (κ3) is 25.5. The number of hydrogen-bond donors (Lipinski definition) is 10. The number of sulfone groups is 1. The van der Waals surface area contributed by atoms with Gasteiger partial charge in [-0.25, -0.2) is 32.2 Å². The van der Waals surface area contributed by atoms with E-state index in [1.807, 2.05) is 151 Å². The van der Waals surface area contributed by atoms with Gasteiger partial charge in [0.1, 0.15) is 41.9 Å². The monoisotopic (exact) mass is 1970 g/mol. The van der Waals surface area contributed by atoms with Gasteiger partial charge in [0, 0.05) is 127 Å². The van der Waals surface area contributed by atoms with Crippen LogP contribution in [0.3, 0.4) is 0 Å². The van der Waals surface area contributed by atoms with Crippen molar-refractivity contribution < 1.29 is 51.2 Å². The van der Waals surface area contributed by atoms with E-state index in [0.717, 1.165) is 195 Å². The standard InChI is InChI=1S/C25H24F2N2O3S.2C23H28ClN5O.C22H25Cl2N5O.C11H15NO3/c1-3-10-33(31,32)14-17-8-9-21(26)22(23(17)27)24(30)20-13-29-25-19(20)11-18(12-28-25)16-6-4-15(2)5-7-16;1-14-4-5-20(24)22(15(14)2)16(3)30-21-10-17(11-27-23(21)25)18-12-28-29(13-18)19-6-8-26-9-7-19;1-14-4-5-15(2)22(24)21(14)16(3)30-20-10-17(11-27-23(20)25)18-12-28-29(13-18)19-6-8-26-9-7-19;1-13-3-4-18(23)20(21(13)24)14(2)30-19-9-15(10-27-22(19)25)16-11-28-29(12-16)17-5-7-26-8-6-17;1-6-3-10(14)11(15)5-8(6)4-9(12)7(2)13/h4-9,11-13,19,25,29H,3,10,14H2,1-2H3;2*4-5,10-13,16,19,26H,6-9H2,1-3H3,(H2,25,27);3-4,9-12,14,17,26H,5-8H2,1-2H3,(H2,25,27);3,5,9,14-15H,4,12H2,1-2H3/t;2*16-;14-;9-/m.1110/s1. The Labute approximate surface area is 824 Å². The van der Waals surface area contributed by atoms with Crippen molar-refractivity contribution in [3.05, 3.63) is 286 Å². The van der Waals surface area contributed by atoms with Crippen molar-refractivity contribution in [1.82, 2.24) is 65.6 Å². The van der Waals surface area contributed by atoms with Gasteiger partial charge in [0.2, 0.25) is 0 Å². The number of piperidine rings is 3. The van der Waals surface area contributed by atoms with Gasteiger partial charge in [-0.3, -0.25) is 28.6 Å². The highest BCUT2D eigenvalue weighted by Crippen LogP contribution is 2.43. The summed E-state index contributed by atoms with van der Waals surface area (Å²) < 4.78 is 78.9. The second-order valence-corrected chi connectivity index (χ2v) is 39.4. The SMILES string of the molecule is CC(=O)[C@@H](N)Cc1cc(O)c(O)cc1C.CCCS(=O)(=O)Cc1ccc(F)c(C(=O)C2=CNC3N=CC(c4ccc(C)cc4)=CC23)c1F.Cc1ccc(C)c([C@@H](C)Oc2cc(-c3cnn(C4CCNCC4)c3)cnc2N)c1Cl.Cc1ccc(Cl)c([C@@H](C)Oc2cc(-c3cnn(C4CCNCC4)c3)cnc2N)c1C.Cc1ccc(Cl)c([C@@H](C)Oc2cc(-c3cnn(C4CCNCC4)c3)cnc2N)c1Cl. The summed E-state index contributed by atoms with van der Waals surface area (Å²) in [6.45, 7) is 29.0. The summed E-state index contributed by atoms with van der Waals surface area (Å²) in [5.74, 6) is -2.02. The number of Topliss-reactive ketones (excluding diaryl/α,β-unsaturated/α-hetero) is 2. The Bertz CT molecular complexity index is 6190. The van der Waals surface area contributed by atoms with Gasteiger partial charge in [0.05, 0.1) is 69.9 Å². The molecule has 6 atom stereocenters. The number of ether oxygens (including phenoxy) is 3. The minimum atomic E-state index is -3.57. The normalized spacial score (nSPS) is 16.4. The number of carbonyl (C=O) groups excluding carboxylic acids is 2. The number of allylic oxidation sites excluding steroid dienone is 1. The number of phenols is 2. The highest BCUT2D eigenvalue weighted by atomic mass is 35.5. The van der Waals surface area contributed by atoms with Crippen molar-refractivity contribution in [3.63, 3.8) is 0 Å². The number of phenolic OH excluding ortho intramolecular Hbond substituents is 2. The molecule has 14 N–H and O–H groups in total. The number of aromatic hydroxyl groups is 2. The van der Waals surface area contributed by atoms with E-state index >= 15 is 4.39 Å². The quantitative estimate of drug-likeness (QED) is 0.0188. The van der Waals surface area contributed by atoms with Crippen molar-refractivity contribution in [2.45, 2.75) is 189 Å². The molecule has 0 aliphatic carbocycles. The molecule has 3 saturated heterocycles. The molecule has 0 amide bonds. The largest absolute Gasteiger partial charge is 0.504 e. The maximum atomic E-state index is 15.2. The lowest BCUT2D eigenvalue weighted by atomic mass is 9.87. The van der Waals surface area contributed by atoms with Crippen LogP contribution in [0, 0.1) is 66.0 Å². The molecule has 11 heterocycles. The van der Waals surface area contributed by atoms with Crippen LogP contribution in [0.15, 0.2) is 182 Å². The summed E-state index contributed by atoms with van der Waals surface area (Å²) in [5, 5.41) is 48.0. The smallest absolute Gasteiger partial charge is 0.197 e. The fraction of sp³-hybridized carbons (Fsp3) is 0.356. The number of nitrogens with two attached hydrogens (primary N) is 4. The zero-order chi connectivity index (χ0) is 99.1. The van der Waals surface area contributed by atoms with Crippen LogP contribution in [0.25, 0.3) is 39.0 Å². The average Bonchev–Trinajstić information content (AvgIpc) is 1.57. The van der Waals surface area contributed by atoms with Crippen LogP contribution in [0.1, 0.15) is 199 Å². The van der Waals surface area contributed by atoms with Crippen molar-refractivity contribution in [3.8, 4) is 62.1 Å². The third-order valence-electron chi connectivity index (χ3n) is 25.4. The summed E-state index contributed by atoms with van der Waals surface area (Å²) in [7, 11) is -3.57. The molecule has 27 nitrogen and oxygen atoms in total. The van der Waals surface area contributed by atoms with Crippen molar-refractivity contribution in [2.75, 3.05) is 62.2 Å². The summed E-state index contributed by atoms with van der Waals surface area (Å²) in [6.07, 6.45) is 28.0. The summed E-state index contributed by atoms with van der Waals surface area (Å²) >= 11 is 25.9. The van der Waals surface area contributed by atoms with Gasteiger partial charge in [-0.05, 0) is 265 Å². The fourth-order valence-corrected chi connectivity index (χ4v) is 20.1. The zero-order valence-corrected chi connectivity index (χ0v) is 83.3. The molecule has 0 spiro atoms. The number of nitrogen functional groups attached to an aromatic ring is 3. The van der Waals surface area contributed by atoms with Gasteiger partial charge in [0.15, 0.2) is 61.8 Å². The van der Waals surface area contributed by atoms with Gasteiger partial charge in [-0.15, -0.1) is 0 Å². The van der Waals surface area contributed by atoms with E-state index in [-0.39, 0.29) is 52.5 Å². The maximum Gasteiger partial charge on any atom is 0.197 e. The second-order valence-electron chi connectivity index (χ2n) is 35.6. The predicted octanol–water partition coefficient (Wildman–Crippen LogP) is 20.2. The second kappa shape index (κ2) is 46.6. The van der Waals surface area contributed by atoms with Crippen LogP contribution in [-0.4, -0.2) is 138 Å². The lowest BCUT2D eigenvalue weighted by Gasteiger charge is -2.22. The number of hydrogen-bond acceptors (Lipinski definition) is 24. The number of carbonyl (C=O) groups is 2. The molecule has 12 aromatic rings. The number of aromatic nitrogens is 9. The van der Waals surface area contributed by atoms with Gasteiger partial charge in [-0.2, -0.15) is 15.3 Å². The summed E-state index contributed by atoms with van der Waals surface area (Å²) in [5.41, 5.74) is 41.4. The molecule has 2 unspecified atom stereocenters. The molecule has 0 radical (unpaired) electrons. The zero-order valence-electron chi connectivity index (χ0n) is 79.5. The molecule has 5 aliphatic heterocycles. The molecular formula is C104H120Cl4F2N18O9S. The highest BCUT2D eigenvalue weighted by Gasteiger charge is 2.38. The number of rotatable bonds is 25. The predicted molar refractivity (Wildman–Crippen MR) is 545 cm³/mol. The van der Waals surface area contributed by atoms with Crippen molar-refractivity contribution >= 4 is 97.0 Å². The topological polar surface area (TPSA) is 393 Å². The molecule has 6 aromatic carbocycles. The fourth-order valence-electron chi connectivity index (χ4n) is 17.2. The Morgan fingerprint density at radius 3 is 1.44 bits per heavy atom. The number of dihydropyridines is 1. The number of ketones is 2. The summed E-state index contributed by atoms with van der Waals surface area (Å²) in [6, 6.07) is 30.9. The Kier molecular flexibility index (Phi) is 34.9. The van der Waals surface area contributed by atoms with E-state index in [2.05, 4.69) is 104 Å². The van der Waals surface area contributed by atoms with Gasteiger partial charge >= 0.3 is 0 Å². The number of nitrogens with zero attached hydrogens (tertiary/aromatic N) is 10. The molecule has 728 valence electrons. The van der Waals surface area contributed by atoms with E-state index in [0.29, 0.717) is 80.7 Å². The Morgan fingerprint density at radius 2 is 0.964 bits per heavy atom. The van der Waals surface area contributed by atoms with Crippen LogP contribution in [-0.2, 0) is 26.8 Å². The van der Waals surface area contributed by atoms with Crippen molar-refractivity contribution in [1.29, 1.82) is 0 Å². The van der Waals surface area contributed by atoms with Gasteiger partial charge in [0.25, 0.3) is 0 Å². The number of pyridine rings is 3. The first-order chi connectivity index (χ1) is 65.9. The Balaban J connectivity index is 0.000000148. The molecule has 3 fully saturated rings. The van der Waals surface area contributed by atoms with E-state index in [1.165, 1.54) is 30.8 Å². The molecule has 138 heavy (non-hydrogen) atoms. The lowest BCUT2D eigenvalue weighted by Crippen LogP contribution is -2.30. The van der Waals surface area contributed by atoms with Crippen LogP contribution in [0.5, 0.6) is 28.7 Å². The number of benzene rings is 6. The first-order valence-corrected chi connectivity index (χ1v) is 49.5. The molecule has 0 bridgehead atoms. The highest BCUT2D eigenvalue weighted by molar-refractivity contribution is 7.90. The summed E-state index contributed by atoms with van der Waals surface area (Å²) in [4.78, 5) is 41.7. The van der Waals surface area contributed by atoms with Gasteiger partial charge in [-0.1, -0.05) is 120 Å². The Morgan fingerprint density at radius 1 is 0.529 bits per heavy atom. The first kappa shape index (κ1) is 103. The van der Waals surface area contributed by atoms with E-state index < -0.39 is 56.7 Å². The van der Waals surface area contributed by atoms with Crippen LogP contribution in [0.2, 0.25) is 20.1 Å². The average molecular weight is 1980 g/mol. The molecule has 6 aromatic heterocycles. The number of fused-ring (bicyclic) bond motifs is 1. The molecule has 0 saturated carbocycles. The number of anilines is 3. The number of nitrogens with one attached hydrogen (secondary N) is 4. The Hall–Kier alpha value is -12.1. The molecular weight excluding hydrogens is 1860 g/mol. The number of halogens is 6. The minimum Gasteiger partial charge on any atom is -0.504 e. The third-order valence-corrected chi connectivity index (χ3v) is 28.9. The number of aliphatic imine (C=N–C) groups is 1. The molecule has 34 heteroatoms. The van der Waals surface area contributed by atoms with E-state index in [4.69, 9.17) is 83.5 Å². The number of aryl methyl sites for hydroxylation is 6. The van der Waals surface area contributed by atoms with Crippen LogP contribution in [0.4, 0.5) is 26.2 Å². The van der Waals surface area contributed by atoms with Crippen LogP contribution < -0.4 is 58.4 Å². The lowest BCUT2D eigenvalue weighted by molar-refractivity contribution is -0.118. The van der Waals surface area contributed by atoms with Crippen molar-refractivity contribution in [2.24, 2.45) is 16.6 Å². The molecule has 5 aliphatic rings. The van der Waals surface area contributed by atoms with Crippen LogP contribution >= 0.6 is 46.4 Å². The van der Waals surface area contributed by atoms with E-state index in [1.54, 1.807) is 38.7 Å². The molecule has 17 rings (SSSR count). The maximum absolute atomic E-state index is 15.2.